The van der Waals surface area contributed by atoms with Crippen LogP contribution in [0, 0.1) is 0 Å². The number of aryl methyl sites for hydroxylation is 1. The fraction of sp³-hybridized carbons (Fsp3) is 0.750. The van der Waals surface area contributed by atoms with Gasteiger partial charge in [-0.1, -0.05) is 0 Å². The van der Waals surface area contributed by atoms with Crippen molar-refractivity contribution in [2.75, 3.05) is 19.8 Å². The molecule has 0 aromatic carbocycles. The number of morpholine rings is 1. The van der Waals surface area contributed by atoms with Crippen LogP contribution in [0.15, 0.2) is 0 Å². The van der Waals surface area contributed by atoms with Gasteiger partial charge in [-0.15, -0.1) is 10.2 Å². The van der Waals surface area contributed by atoms with Crippen molar-refractivity contribution in [3.05, 3.63) is 11.6 Å². The summed E-state index contributed by atoms with van der Waals surface area (Å²) in [5.74, 6) is 1.92. The van der Waals surface area contributed by atoms with Crippen molar-refractivity contribution in [2.45, 2.75) is 38.4 Å². The smallest absolute Gasteiger partial charge is 0.222 e. The van der Waals surface area contributed by atoms with Gasteiger partial charge in [-0.25, -0.2) is 0 Å². The predicted molar refractivity (Wildman–Crippen MR) is 67.4 cm³/mol. The van der Waals surface area contributed by atoms with Crippen molar-refractivity contribution in [3.8, 4) is 0 Å². The maximum atomic E-state index is 11.8. The maximum absolute atomic E-state index is 11.8. The molecule has 1 saturated heterocycles. The largest absolute Gasteiger partial charge is 0.378 e. The number of aromatic nitrogens is 3. The van der Waals surface area contributed by atoms with E-state index in [-0.39, 0.29) is 11.9 Å². The average molecular weight is 265 g/mol. The summed E-state index contributed by atoms with van der Waals surface area (Å²) in [5.41, 5.74) is 0. The van der Waals surface area contributed by atoms with E-state index in [4.69, 9.17) is 4.74 Å². The summed E-state index contributed by atoms with van der Waals surface area (Å²) >= 11 is 0. The second-order valence-corrected chi connectivity index (χ2v) is 4.99. The van der Waals surface area contributed by atoms with Crippen molar-refractivity contribution in [1.82, 2.24) is 25.4 Å². The summed E-state index contributed by atoms with van der Waals surface area (Å²) in [6.07, 6.45) is 2.56. The highest BCUT2D eigenvalue weighted by atomic mass is 16.5. The zero-order valence-electron chi connectivity index (χ0n) is 10.9. The Bertz CT molecular complexity index is 453. The van der Waals surface area contributed by atoms with E-state index in [0.29, 0.717) is 19.6 Å². The lowest BCUT2D eigenvalue weighted by Gasteiger charge is -2.23. The first-order valence-corrected chi connectivity index (χ1v) is 6.82. The Morgan fingerprint density at radius 1 is 1.53 bits per heavy atom. The molecule has 2 aliphatic rings. The van der Waals surface area contributed by atoms with Crippen LogP contribution < -0.4 is 10.6 Å². The third-order valence-corrected chi connectivity index (χ3v) is 3.56. The van der Waals surface area contributed by atoms with E-state index in [1.165, 1.54) is 0 Å². The Balaban J connectivity index is 1.47. The number of fused-ring (bicyclic) bond motifs is 1. The number of nitrogens with zero attached hydrogens (tertiary/aromatic N) is 3. The monoisotopic (exact) mass is 265 g/mol. The Hall–Kier alpha value is -1.47. The van der Waals surface area contributed by atoms with Crippen LogP contribution in [0.5, 0.6) is 0 Å². The van der Waals surface area contributed by atoms with Crippen LogP contribution in [0.25, 0.3) is 0 Å². The Morgan fingerprint density at radius 2 is 2.47 bits per heavy atom. The van der Waals surface area contributed by atoms with Crippen LogP contribution in [0.2, 0.25) is 0 Å². The third-order valence-electron chi connectivity index (χ3n) is 3.56. The molecule has 0 radical (unpaired) electrons. The van der Waals surface area contributed by atoms with Gasteiger partial charge in [0.2, 0.25) is 5.91 Å². The molecule has 1 aromatic rings. The number of rotatable bonds is 4. The number of carbonyl (C=O) groups is 1. The summed E-state index contributed by atoms with van der Waals surface area (Å²) in [7, 11) is 0. The van der Waals surface area contributed by atoms with Crippen molar-refractivity contribution in [2.24, 2.45) is 0 Å². The van der Waals surface area contributed by atoms with Gasteiger partial charge in [0, 0.05) is 32.0 Å². The lowest BCUT2D eigenvalue weighted by atomic mass is 10.2. The third kappa shape index (κ3) is 2.93. The van der Waals surface area contributed by atoms with Crippen LogP contribution in [-0.2, 0) is 29.0 Å². The quantitative estimate of drug-likeness (QED) is 0.746. The van der Waals surface area contributed by atoms with Crippen molar-refractivity contribution < 1.29 is 9.53 Å². The van der Waals surface area contributed by atoms with Crippen molar-refractivity contribution >= 4 is 5.91 Å². The molecular formula is C12H19N5O2. The van der Waals surface area contributed by atoms with E-state index in [2.05, 4.69) is 25.4 Å². The van der Waals surface area contributed by atoms with Gasteiger partial charge in [0.05, 0.1) is 19.8 Å². The van der Waals surface area contributed by atoms with E-state index in [1.807, 2.05) is 0 Å². The summed E-state index contributed by atoms with van der Waals surface area (Å²) in [4.78, 5) is 11.8. The van der Waals surface area contributed by atoms with Crippen LogP contribution in [0.4, 0.5) is 0 Å². The number of nitrogens with one attached hydrogen (secondary N) is 2. The first-order valence-electron chi connectivity index (χ1n) is 6.82. The SMILES string of the molecule is O=C(C[C@H]1COCCN1)NCc1nnc2n1CCC2. The average Bonchev–Trinajstić information content (AvgIpc) is 3.01. The first-order chi connectivity index (χ1) is 9.33. The molecule has 1 atom stereocenters. The van der Waals surface area contributed by atoms with Crippen LogP contribution in [0.3, 0.4) is 0 Å². The highest BCUT2D eigenvalue weighted by Crippen LogP contribution is 2.13. The second-order valence-electron chi connectivity index (χ2n) is 4.99. The summed E-state index contributed by atoms with van der Waals surface area (Å²) in [6.45, 7) is 3.57. The summed E-state index contributed by atoms with van der Waals surface area (Å²) in [5, 5.41) is 14.4. The molecule has 1 amide bonds. The maximum Gasteiger partial charge on any atom is 0.222 e. The molecule has 3 heterocycles. The van der Waals surface area contributed by atoms with Crippen molar-refractivity contribution in [1.29, 1.82) is 0 Å². The lowest BCUT2D eigenvalue weighted by Crippen LogP contribution is -2.44. The second kappa shape index (κ2) is 5.66. The molecule has 0 unspecified atom stereocenters. The fourth-order valence-corrected chi connectivity index (χ4v) is 2.57. The molecule has 0 spiro atoms. The molecule has 2 N–H and O–H groups in total. The number of ether oxygens (including phenoxy) is 1. The summed E-state index contributed by atoms with van der Waals surface area (Å²) in [6, 6.07) is 0.123. The Labute approximate surface area is 111 Å². The molecule has 2 aliphatic heterocycles. The van der Waals surface area contributed by atoms with E-state index >= 15 is 0 Å². The van der Waals surface area contributed by atoms with Crippen LogP contribution >= 0.6 is 0 Å². The molecule has 7 heteroatoms. The van der Waals surface area contributed by atoms with E-state index in [1.54, 1.807) is 0 Å². The fourth-order valence-electron chi connectivity index (χ4n) is 2.57. The molecular weight excluding hydrogens is 246 g/mol. The molecule has 19 heavy (non-hydrogen) atoms. The van der Waals surface area contributed by atoms with Crippen molar-refractivity contribution in [3.63, 3.8) is 0 Å². The number of hydrogen-bond acceptors (Lipinski definition) is 5. The zero-order valence-corrected chi connectivity index (χ0v) is 10.9. The van der Waals surface area contributed by atoms with Gasteiger partial charge in [0.15, 0.2) is 5.82 Å². The summed E-state index contributed by atoms with van der Waals surface area (Å²) < 4.78 is 7.42. The highest BCUT2D eigenvalue weighted by molar-refractivity contribution is 5.76. The zero-order chi connectivity index (χ0) is 13.1. The van der Waals surface area contributed by atoms with Gasteiger partial charge in [0.1, 0.15) is 5.82 Å². The molecule has 0 aliphatic carbocycles. The minimum atomic E-state index is 0.0262. The van der Waals surface area contributed by atoms with Gasteiger partial charge in [-0.2, -0.15) is 0 Å². The first kappa shape index (κ1) is 12.6. The van der Waals surface area contributed by atoms with Gasteiger partial charge < -0.3 is 19.9 Å². The number of carbonyl (C=O) groups excluding carboxylic acids is 1. The topological polar surface area (TPSA) is 81.1 Å². The number of hydrogen-bond donors (Lipinski definition) is 2. The molecule has 7 nitrogen and oxygen atoms in total. The van der Waals surface area contributed by atoms with Gasteiger partial charge in [-0.3, -0.25) is 4.79 Å². The molecule has 0 bridgehead atoms. The molecule has 104 valence electrons. The standard InChI is InChI=1S/C12H19N5O2/c18-12(6-9-8-19-5-3-13-9)14-7-11-16-15-10-2-1-4-17(10)11/h9,13H,1-8H2,(H,14,18)/t9-/m0/s1. The van der Waals surface area contributed by atoms with E-state index in [9.17, 15) is 4.79 Å². The van der Waals surface area contributed by atoms with E-state index in [0.717, 1.165) is 44.2 Å². The Morgan fingerprint density at radius 3 is 3.32 bits per heavy atom. The predicted octanol–water partition coefficient (Wildman–Crippen LogP) is -0.781. The van der Waals surface area contributed by atoms with Crippen LogP contribution in [0.1, 0.15) is 24.5 Å². The van der Waals surface area contributed by atoms with Gasteiger partial charge >= 0.3 is 0 Å². The van der Waals surface area contributed by atoms with Gasteiger partial charge in [-0.05, 0) is 6.42 Å². The minimum absolute atomic E-state index is 0.0262. The van der Waals surface area contributed by atoms with E-state index < -0.39 is 0 Å². The molecule has 3 rings (SSSR count). The minimum Gasteiger partial charge on any atom is -0.378 e. The lowest BCUT2D eigenvalue weighted by molar-refractivity contribution is -0.122. The van der Waals surface area contributed by atoms with Crippen LogP contribution in [-0.4, -0.2) is 46.5 Å². The normalized spacial score (nSPS) is 22.2. The van der Waals surface area contributed by atoms with Gasteiger partial charge in [0.25, 0.3) is 0 Å². The highest BCUT2D eigenvalue weighted by Gasteiger charge is 2.19. The molecule has 1 fully saturated rings. The molecule has 0 saturated carbocycles. The molecule has 1 aromatic heterocycles. The number of amides is 1. The Kier molecular flexibility index (Phi) is 3.74.